The lowest BCUT2D eigenvalue weighted by atomic mass is 9.73. The molecule has 0 fully saturated rings. The average molecular weight is 484 g/mol. The Morgan fingerprint density at radius 3 is 2.44 bits per heavy atom. The number of hydrogen-bond donors (Lipinski definition) is 2. The number of non-ortho nitro benzene ring substituents is 1. The number of allylic oxidation sites excluding steroid dienone is 1. The highest BCUT2D eigenvalue weighted by Crippen LogP contribution is 2.45. The van der Waals surface area contributed by atoms with Crippen molar-refractivity contribution < 1.29 is 19.2 Å². The third-order valence-electron chi connectivity index (χ3n) is 6.44. The Morgan fingerprint density at radius 1 is 1.00 bits per heavy atom. The van der Waals surface area contributed by atoms with E-state index in [4.69, 9.17) is 4.74 Å². The second-order valence-corrected chi connectivity index (χ2v) is 9.85. The van der Waals surface area contributed by atoms with Crippen LogP contribution < -0.4 is 15.4 Å². The Balaban J connectivity index is 1.48. The van der Waals surface area contributed by atoms with E-state index in [0.717, 1.165) is 29.1 Å². The number of nitrogens with zero attached hydrogens (tertiary/aromatic N) is 1. The average Bonchev–Trinajstić information content (AvgIpc) is 3.00. The molecule has 182 valence electrons. The molecule has 36 heavy (non-hydrogen) atoms. The Kier molecular flexibility index (Phi) is 5.80. The first-order valence-electron chi connectivity index (χ1n) is 11.7. The molecular formula is C28H25N3O5. The summed E-state index contributed by atoms with van der Waals surface area (Å²) in [4.78, 5) is 36.4. The number of fused-ring (bicyclic) bond motifs is 1. The fraction of sp³-hybridized carbons (Fsp3) is 0.214. The molecule has 5 rings (SSSR count). The molecule has 3 aromatic rings. The molecule has 2 N–H and O–H groups in total. The lowest BCUT2D eigenvalue weighted by Crippen LogP contribution is -2.31. The van der Waals surface area contributed by atoms with Crippen molar-refractivity contribution in [3.05, 3.63) is 105 Å². The first kappa shape index (κ1) is 23.3. The molecule has 8 nitrogen and oxygen atoms in total. The van der Waals surface area contributed by atoms with Gasteiger partial charge in [-0.15, -0.1) is 0 Å². The van der Waals surface area contributed by atoms with Gasteiger partial charge in [0.2, 0.25) is 0 Å². The van der Waals surface area contributed by atoms with Gasteiger partial charge in [-0.1, -0.05) is 38.1 Å². The summed E-state index contributed by atoms with van der Waals surface area (Å²) in [5.74, 6) is -0.237. The van der Waals surface area contributed by atoms with Crippen LogP contribution in [-0.2, 0) is 4.79 Å². The maximum Gasteiger partial charge on any atom is 0.343 e. The number of ketones is 1. The van der Waals surface area contributed by atoms with Crippen molar-refractivity contribution in [3.63, 3.8) is 0 Å². The second-order valence-electron chi connectivity index (χ2n) is 9.85. The van der Waals surface area contributed by atoms with E-state index < -0.39 is 16.9 Å². The van der Waals surface area contributed by atoms with Gasteiger partial charge in [0.05, 0.1) is 27.9 Å². The zero-order valence-corrected chi connectivity index (χ0v) is 19.9. The van der Waals surface area contributed by atoms with Crippen LogP contribution in [0.25, 0.3) is 0 Å². The lowest BCUT2D eigenvalue weighted by Gasteiger charge is -2.34. The van der Waals surface area contributed by atoms with E-state index in [0.29, 0.717) is 17.7 Å². The summed E-state index contributed by atoms with van der Waals surface area (Å²) < 4.78 is 5.58. The minimum Gasteiger partial charge on any atom is -0.423 e. The van der Waals surface area contributed by atoms with E-state index in [2.05, 4.69) is 24.5 Å². The van der Waals surface area contributed by atoms with Gasteiger partial charge in [-0.2, -0.15) is 0 Å². The summed E-state index contributed by atoms with van der Waals surface area (Å²) in [5, 5.41) is 17.9. The number of esters is 1. The second kappa shape index (κ2) is 8.96. The van der Waals surface area contributed by atoms with Gasteiger partial charge in [0, 0.05) is 29.8 Å². The monoisotopic (exact) mass is 483 g/mol. The minimum absolute atomic E-state index is 0.0762. The smallest absolute Gasteiger partial charge is 0.343 e. The van der Waals surface area contributed by atoms with Crippen molar-refractivity contribution in [3.8, 4) is 5.75 Å². The van der Waals surface area contributed by atoms with E-state index in [1.807, 2.05) is 30.3 Å². The van der Waals surface area contributed by atoms with Gasteiger partial charge in [-0.3, -0.25) is 14.9 Å². The number of nitro benzene ring substituents is 1. The SMILES string of the molecule is CC1(C)CC(=O)C2=C(C1)Nc1ccccc1N[C@@H]2c1cccc(OC(=O)c2ccc([N+](=O)[O-])cc2)c1. The van der Waals surface area contributed by atoms with Gasteiger partial charge in [0.25, 0.3) is 5.69 Å². The molecule has 1 atom stereocenters. The van der Waals surface area contributed by atoms with E-state index in [1.54, 1.807) is 18.2 Å². The molecule has 1 heterocycles. The number of hydrogen-bond acceptors (Lipinski definition) is 7. The number of benzene rings is 3. The molecule has 0 saturated heterocycles. The van der Waals surface area contributed by atoms with Gasteiger partial charge in [0.15, 0.2) is 5.78 Å². The fourth-order valence-electron chi connectivity index (χ4n) is 4.78. The third-order valence-corrected chi connectivity index (χ3v) is 6.44. The topological polar surface area (TPSA) is 111 Å². The number of ether oxygens (including phenoxy) is 1. The predicted molar refractivity (Wildman–Crippen MR) is 136 cm³/mol. The van der Waals surface area contributed by atoms with Crippen LogP contribution in [0.5, 0.6) is 5.75 Å². The van der Waals surface area contributed by atoms with Gasteiger partial charge in [-0.05, 0) is 53.8 Å². The van der Waals surface area contributed by atoms with Crippen molar-refractivity contribution in [2.75, 3.05) is 10.6 Å². The van der Waals surface area contributed by atoms with E-state index in [1.165, 1.54) is 24.3 Å². The van der Waals surface area contributed by atoms with Crippen molar-refractivity contribution in [2.45, 2.75) is 32.7 Å². The summed E-state index contributed by atoms with van der Waals surface area (Å²) in [6.07, 6.45) is 1.17. The quantitative estimate of drug-likeness (QED) is 0.202. The van der Waals surface area contributed by atoms with Gasteiger partial charge in [0.1, 0.15) is 5.75 Å². The molecule has 0 spiro atoms. The first-order chi connectivity index (χ1) is 17.2. The van der Waals surface area contributed by atoms with Crippen LogP contribution >= 0.6 is 0 Å². The zero-order chi connectivity index (χ0) is 25.4. The first-order valence-corrected chi connectivity index (χ1v) is 11.7. The Bertz CT molecular complexity index is 1410. The van der Waals surface area contributed by atoms with Crippen LogP contribution in [0, 0.1) is 15.5 Å². The van der Waals surface area contributed by atoms with Crippen molar-refractivity contribution in [1.29, 1.82) is 0 Å². The molecule has 0 radical (unpaired) electrons. The van der Waals surface area contributed by atoms with Crippen LogP contribution in [0.1, 0.15) is 48.7 Å². The molecule has 8 heteroatoms. The maximum absolute atomic E-state index is 13.4. The predicted octanol–water partition coefficient (Wildman–Crippen LogP) is 6.04. The number of para-hydroxylation sites is 2. The van der Waals surface area contributed by atoms with Gasteiger partial charge in [-0.25, -0.2) is 4.79 Å². The lowest BCUT2D eigenvalue weighted by molar-refractivity contribution is -0.384. The van der Waals surface area contributed by atoms with Crippen LogP contribution in [0.3, 0.4) is 0 Å². The van der Waals surface area contributed by atoms with E-state index in [-0.39, 0.29) is 22.4 Å². The highest BCUT2D eigenvalue weighted by atomic mass is 16.6. The summed E-state index contributed by atoms with van der Waals surface area (Å²) in [6, 6.07) is 19.7. The van der Waals surface area contributed by atoms with Gasteiger partial charge < -0.3 is 15.4 Å². The van der Waals surface area contributed by atoms with Crippen molar-refractivity contribution in [1.82, 2.24) is 0 Å². The summed E-state index contributed by atoms with van der Waals surface area (Å²) in [6.45, 7) is 4.18. The minimum atomic E-state index is -0.627. The maximum atomic E-state index is 13.4. The van der Waals surface area contributed by atoms with Crippen LogP contribution in [0.15, 0.2) is 84.1 Å². The number of carbonyl (C=O) groups is 2. The number of Topliss-reactive ketones (excluding diaryl/α,β-unsaturated/α-hetero) is 1. The van der Waals surface area contributed by atoms with E-state index >= 15 is 0 Å². The van der Waals surface area contributed by atoms with E-state index in [9.17, 15) is 19.7 Å². The van der Waals surface area contributed by atoms with Crippen molar-refractivity contribution in [2.24, 2.45) is 5.41 Å². The standard InChI is InChI=1S/C28H25N3O5/c1-28(2)15-23-25(24(32)16-28)26(30-22-9-4-3-8-21(22)29-23)18-6-5-7-20(14-18)36-27(33)17-10-12-19(13-11-17)31(34)35/h3-14,26,29-30H,15-16H2,1-2H3/t26-/m1/s1. The number of rotatable bonds is 4. The normalized spacial score (nSPS) is 18.2. The molecule has 0 amide bonds. The third kappa shape index (κ3) is 4.57. The molecule has 0 bridgehead atoms. The highest BCUT2D eigenvalue weighted by Gasteiger charge is 2.38. The zero-order valence-electron chi connectivity index (χ0n) is 19.9. The van der Waals surface area contributed by atoms with Crippen LogP contribution in [-0.4, -0.2) is 16.7 Å². The molecule has 2 aliphatic rings. The molecular weight excluding hydrogens is 458 g/mol. The number of nitrogens with one attached hydrogen (secondary N) is 2. The van der Waals surface area contributed by atoms with Crippen LogP contribution in [0.4, 0.5) is 17.1 Å². The molecule has 0 unspecified atom stereocenters. The number of carbonyl (C=O) groups excluding carboxylic acids is 2. The molecule has 3 aromatic carbocycles. The summed E-state index contributed by atoms with van der Waals surface area (Å²) in [7, 11) is 0. The highest BCUT2D eigenvalue weighted by molar-refractivity contribution is 6.01. The van der Waals surface area contributed by atoms with Crippen LogP contribution in [0.2, 0.25) is 0 Å². The molecule has 1 aliphatic heterocycles. The van der Waals surface area contributed by atoms with Gasteiger partial charge >= 0.3 is 5.97 Å². The summed E-state index contributed by atoms with van der Waals surface area (Å²) in [5.41, 5.74) is 4.07. The molecule has 0 saturated carbocycles. The Labute approximate surface area is 208 Å². The Hall–Kier alpha value is -4.46. The van der Waals surface area contributed by atoms with Crippen molar-refractivity contribution >= 4 is 28.8 Å². The molecule has 1 aliphatic carbocycles. The number of anilines is 2. The molecule has 0 aromatic heterocycles. The number of nitro groups is 1. The Morgan fingerprint density at radius 2 is 1.72 bits per heavy atom. The summed E-state index contributed by atoms with van der Waals surface area (Å²) >= 11 is 0. The largest absolute Gasteiger partial charge is 0.423 e. The fourth-order valence-corrected chi connectivity index (χ4v) is 4.78.